The zero-order chi connectivity index (χ0) is 18.6. The van der Waals surface area contributed by atoms with Gasteiger partial charge in [-0.05, 0) is 24.1 Å². The molecule has 0 radical (unpaired) electrons. The van der Waals surface area contributed by atoms with Gasteiger partial charge in [0, 0.05) is 18.0 Å². The number of nitrogens with zero attached hydrogens (tertiary/aromatic N) is 3. The quantitative estimate of drug-likeness (QED) is 0.549. The highest BCUT2D eigenvalue weighted by Crippen LogP contribution is 2.26. The molecule has 0 spiro atoms. The zero-order valence-electron chi connectivity index (χ0n) is 15.3. The third-order valence-electron chi connectivity index (χ3n) is 4.87. The molecule has 136 valence electrons. The normalized spacial score (nSPS) is 12.3. The molecule has 0 aliphatic carbocycles. The standard InChI is InChI=1S/C22H22N4O/c1-2-3-9-20(26-13-12-23-15-26)17-10-11-18-19(14-17)24-21(22(27)25-18)16-7-5-4-6-8-16/h4-8,10-15,20H,2-3,9H2,1H3,(H,25,27). The van der Waals surface area contributed by atoms with Crippen LogP contribution in [0.3, 0.4) is 0 Å². The highest BCUT2D eigenvalue weighted by molar-refractivity contribution is 5.77. The molecule has 4 rings (SSSR count). The lowest BCUT2D eigenvalue weighted by Crippen LogP contribution is -2.13. The molecule has 0 aliphatic rings. The van der Waals surface area contributed by atoms with Crippen molar-refractivity contribution in [1.29, 1.82) is 0 Å². The molecule has 5 nitrogen and oxygen atoms in total. The van der Waals surface area contributed by atoms with Crippen LogP contribution in [0.15, 0.2) is 72.0 Å². The number of H-pyrrole nitrogens is 1. The van der Waals surface area contributed by atoms with Crippen molar-refractivity contribution in [3.05, 3.63) is 83.2 Å². The summed E-state index contributed by atoms with van der Waals surface area (Å²) in [6, 6.07) is 15.9. The van der Waals surface area contributed by atoms with Crippen molar-refractivity contribution in [2.24, 2.45) is 0 Å². The maximum Gasteiger partial charge on any atom is 0.274 e. The van der Waals surface area contributed by atoms with Crippen LogP contribution in [0.25, 0.3) is 22.3 Å². The number of fused-ring (bicyclic) bond motifs is 1. The largest absolute Gasteiger partial charge is 0.330 e. The SMILES string of the molecule is CCCCC(c1ccc2[nH]c(=O)c(-c3ccccc3)nc2c1)n1ccnc1. The van der Waals surface area contributed by atoms with E-state index in [1.165, 1.54) is 5.56 Å². The molecular formula is C22H22N4O. The maximum absolute atomic E-state index is 12.5. The Morgan fingerprint density at radius 3 is 2.74 bits per heavy atom. The molecular weight excluding hydrogens is 336 g/mol. The van der Waals surface area contributed by atoms with Gasteiger partial charge in [0.2, 0.25) is 0 Å². The first kappa shape index (κ1) is 17.2. The van der Waals surface area contributed by atoms with E-state index in [2.05, 4.69) is 38.6 Å². The molecule has 0 amide bonds. The number of hydrogen-bond acceptors (Lipinski definition) is 3. The minimum atomic E-state index is -0.168. The van der Waals surface area contributed by atoms with Crippen LogP contribution in [0.4, 0.5) is 0 Å². The second-order valence-corrected chi connectivity index (χ2v) is 6.73. The average Bonchev–Trinajstić information content (AvgIpc) is 3.23. The molecule has 1 atom stereocenters. The molecule has 4 aromatic rings. The third-order valence-corrected chi connectivity index (χ3v) is 4.87. The second kappa shape index (κ2) is 7.58. The van der Waals surface area contributed by atoms with Crippen LogP contribution < -0.4 is 5.56 Å². The fourth-order valence-corrected chi connectivity index (χ4v) is 3.44. The van der Waals surface area contributed by atoms with E-state index >= 15 is 0 Å². The topological polar surface area (TPSA) is 63.6 Å². The van der Waals surface area contributed by atoms with Crippen molar-refractivity contribution in [3.8, 4) is 11.3 Å². The summed E-state index contributed by atoms with van der Waals surface area (Å²) >= 11 is 0. The van der Waals surface area contributed by atoms with Crippen LogP contribution in [0.1, 0.15) is 37.8 Å². The molecule has 0 saturated heterocycles. The predicted molar refractivity (Wildman–Crippen MR) is 108 cm³/mol. The Hall–Kier alpha value is -3.21. The van der Waals surface area contributed by atoms with Crippen molar-refractivity contribution in [1.82, 2.24) is 19.5 Å². The van der Waals surface area contributed by atoms with Crippen LogP contribution >= 0.6 is 0 Å². The van der Waals surface area contributed by atoms with E-state index in [1.54, 1.807) is 0 Å². The minimum absolute atomic E-state index is 0.168. The Labute approximate surface area is 157 Å². The summed E-state index contributed by atoms with van der Waals surface area (Å²) in [5.74, 6) is 0. The van der Waals surface area contributed by atoms with Crippen LogP contribution in [-0.4, -0.2) is 19.5 Å². The number of benzene rings is 2. The predicted octanol–water partition coefficient (Wildman–Crippen LogP) is 4.57. The van der Waals surface area contributed by atoms with Crippen LogP contribution in [0.5, 0.6) is 0 Å². The number of rotatable bonds is 6. The molecule has 1 N–H and O–H groups in total. The lowest BCUT2D eigenvalue weighted by molar-refractivity contribution is 0.515. The summed E-state index contributed by atoms with van der Waals surface area (Å²) in [5.41, 5.74) is 3.83. The number of aromatic nitrogens is 4. The molecule has 2 aromatic carbocycles. The lowest BCUT2D eigenvalue weighted by atomic mass is 10.00. The van der Waals surface area contributed by atoms with Crippen molar-refractivity contribution in [3.63, 3.8) is 0 Å². The van der Waals surface area contributed by atoms with E-state index in [0.29, 0.717) is 5.69 Å². The van der Waals surface area contributed by atoms with Crippen LogP contribution in [0, 0.1) is 0 Å². The summed E-state index contributed by atoms with van der Waals surface area (Å²) in [6.45, 7) is 2.20. The molecule has 0 aliphatic heterocycles. The maximum atomic E-state index is 12.5. The van der Waals surface area contributed by atoms with Gasteiger partial charge in [0.15, 0.2) is 0 Å². The van der Waals surface area contributed by atoms with Gasteiger partial charge in [-0.3, -0.25) is 4.79 Å². The Bertz CT molecular complexity index is 1080. The minimum Gasteiger partial charge on any atom is -0.330 e. The van der Waals surface area contributed by atoms with Crippen molar-refractivity contribution in [2.45, 2.75) is 32.2 Å². The monoisotopic (exact) mass is 358 g/mol. The molecule has 27 heavy (non-hydrogen) atoms. The number of aromatic amines is 1. The Morgan fingerprint density at radius 1 is 1.15 bits per heavy atom. The number of unbranched alkanes of at least 4 members (excludes halogenated alkanes) is 1. The van der Waals surface area contributed by atoms with Gasteiger partial charge in [-0.2, -0.15) is 0 Å². The number of nitrogens with one attached hydrogen (secondary N) is 1. The van der Waals surface area contributed by atoms with Gasteiger partial charge >= 0.3 is 0 Å². The van der Waals surface area contributed by atoms with E-state index in [1.807, 2.05) is 55.1 Å². The van der Waals surface area contributed by atoms with Gasteiger partial charge < -0.3 is 9.55 Å². The fourth-order valence-electron chi connectivity index (χ4n) is 3.44. The summed E-state index contributed by atoms with van der Waals surface area (Å²) in [4.78, 5) is 24.3. The molecule has 2 aromatic heterocycles. The van der Waals surface area contributed by atoms with E-state index in [4.69, 9.17) is 0 Å². The summed E-state index contributed by atoms with van der Waals surface area (Å²) in [6.07, 6.45) is 8.98. The van der Waals surface area contributed by atoms with Crippen molar-refractivity contribution in [2.75, 3.05) is 0 Å². The molecule has 1 unspecified atom stereocenters. The van der Waals surface area contributed by atoms with Crippen LogP contribution in [0.2, 0.25) is 0 Å². The summed E-state index contributed by atoms with van der Waals surface area (Å²) < 4.78 is 2.14. The molecule has 2 heterocycles. The van der Waals surface area contributed by atoms with Crippen molar-refractivity contribution < 1.29 is 0 Å². The molecule has 0 fully saturated rings. The molecule has 0 saturated carbocycles. The first-order valence-electron chi connectivity index (χ1n) is 9.33. The zero-order valence-corrected chi connectivity index (χ0v) is 15.3. The summed E-state index contributed by atoms with van der Waals surface area (Å²) in [7, 11) is 0. The molecule has 0 bridgehead atoms. The summed E-state index contributed by atoms with van der Waals surface area (Å²) in [5, 5.41) is 0. The van der Waals surface area contributed by atoms with Gasteiger partial charge in [-0.25, -0.2) is 9.97 Å². The second-order valence-electron chi connectivity index (χ2n) is 6.73. The number of hydrogen-bond donors (Lipinski definition) is 1. The average molecular weight is 358 g/mol. The van der Waals surface area contributed by atoms with E-state index < -0.39 is 0 Å². The number of imidazole rings is 1. The van der Waals surface area contributed by atoms with E-state index in [-0.39, 0.29) is 11.6 Å². The third kappa shape index (κ3) is 3.53. The van der Waals surface area contributed by atoms with Gasteiger partial charge in [-0.1, -0.05) is 56.2 Å². The Balaban J connectivity index is 1.80. The van der Waals surface area contributed by atoms with Gasteiger partial charge in [0.25, 0.3) is 5.56 Å². The van der Waals surface area contributed by atoms with Gasteiger partial charge in [0.05, 0.1) is 23.4 Å². The smallest absolute Gasteiger partial charge is 0.274 e. The van der Waals surface area contributed by atoms with E-state index in [0.717, 1.165) is 35.9 Å². The van der Waals surface area contributed by atoms with Gasteiger partial charge in [-0.15, -0.1) is 0 Å². The Kier molecular flexibility index (Phi) is 4.83. The highest BCUT2D eigenvalue weighted by Gasteiger charge is 2.15. The lowest BCUT2D eigenvalue weighted by Gasteiger charge is -2.19. The fraction of sp³-hybridized carbons (Fsp3) is 0.227. The Morgan fingerprint density at radius 2 is 2.00 bits per heavy atom. The van der Waals surface area contributed by atoms with Crippen LogP contribution in [-0.2, 0) is 0 Å². The highest BCUT2D eigenvalue weighted by atomic mass is 16.1. The van der Waals surface area contributed by atoms with Gasteiger partial charge in [0.1, 0.15) is 5.69 Å². The van der Waals surface area contributed by atoms with E-state index in [9.17, 15) is 4.79 Å². The molecule has 5 heteroatoms. The van der Waals surface area contributed by atoms with Crippen molar-refractivity contribution >= 4 is 11.0 Å². The first-order chi connectivity index (χ1) is 13.3. The first-order valence-corrected chi connectivity index (χ1v) is 9.33.